The summed E-state index contributed by atoms with van der Waals surface area (Å²) in [7, 11) is 1.87. The van der Waals surface area contributed by atoms with Gasteiger partial charge in [0.2, 0.25) is 11.8 Å². The number of likely N-dealkylation sites (N-methyl/N-ethyl adjacent to an activating group) is 1. The molecule has 1 aliphatic heterocycles. The number of fused-ring (bicyclic) bond motifs is 1. The van der Waals surface area contributed by atoms with Crippen LogP contribution in [0.25, 0.3) is 0 Å². The predicted octanol–water partition coefficient (Wildman–Crippen LogP) is 1.40. The standard InChI is InChI=1S/C21H31N3O4/c1-13-11-24(14(2)12-25)20(26)9-16-8-17(23-21(27)15-4-5-15)6-7-18(16)28-19(13)10-22-3/h6-8,13-15,19,22,25H,4-5,9-12H2,1-3H3,(H,23,27)/t13-,14+,19+/m0/s1. The van der Waals surface area contributed by atoms with Gasteiger partial charge in [0.15, 0.2) is 0 Å². The molecule has 1 heterocycles. The van der Waals surface area contributed by atoms with Gasteiger partial charge in [0.05, 0.1) is 19.1 Å². The first kappa shape index (κ1) is 20.6. The maximum absolute atomic E-state index is 13.0. The van der Waals surface area contributed by atoms with Crippen molar-refractivity contribution in [1.29, 1.82) is 0 Å². The van der Waals surface area contributed by atoms with Crippen LogP contribution in [0.3, 0.4) is 0 Å². The van der Waals surface area contributed by atoms with E-state index in [4.69, 9.17) is 4.74 Å². The number of anilines is 1. The summed E-state index contributed by atoms with van der Waals surface area (Å²) in [6, 6.07) is 5.24. The number of carbonyl (C=O) groups is 2. The summed E-state index contributed by atoms with van der Waals surface area (Å²) in [6.45, 7) is 4.99. The zero-order valence-corrected chi connectivity index (χ0v) is 16.9. The lowest BCUT2D eigenvalue weighted by Gasteiger charge is -2.32. The molecule has 28 heavy (non-hydrogen) atoms. The van der Waals surface area contributed by atoms with Crippen molar-refractivity contribution < 1.29 is 19.4 Å². The summed E-state index contributed by atoms with van der Waals surface area (Å²) < 4.78 is 6.28. The molecule has 1 saturated carbocycles. The third-order valence-electron chi connectivity index (χ3n) is 5.54. The molecular weight excluding hydrogens is 358 g/mol. The molecule has 0 unspecified atom stereocenters. The van der Waals surface area contributed by atoms with Gasteiger partial charge in [-0.3, -0.25) is 9.59 Å². The van der Waals surface area contributed by atoms with Crippen LogP contribution in [0.5, 0.6) is 5.75 Å². The van der Waals surface area contributed by atoms with Gasteiger partial charge in [-0.25, -0.2) is 0 Å². The Bertz CT molecular complexity index is 720. The molecule has 2 amide bonds. The van der Waals surface area contributed by atoms with Gasteiger partial charge in [-0.2, -0.15) is 0 Å². The van der Waals surface area contributed by atoms with Gasteiger partial charge in [0.25, 0.3) is 0 Å². The zero-order valence-electron chi connectivity index (χ0n) is 16.9. The van der Waals surface area contributed by atoms with Crippen molar-refractivity contribution in [2.75, 3.05) is 32.1 Å². The molecule has 7 heteroatoms. The number of hydrogen-bond donors (Lipinski definition) is 3. The molecule has 0 radical (unpaired) electrons. The molecule has 0 bridgehead atoms. The molecule has 3 N–H and O–H groups in total. The van der Waals surface area contributed by atoms with E-state index >= 15 is 0 Å². The van der Waals surface area contributed by atoms with Gasteiger partial charge in [0.1, 0.15) is 11.9 Å². The van der Waals surface area contributed by atoms with E-state index in [0.717, 1.165) is 18.4 Å². The van der Waals surface area contributed by atoms with Gasteiger partial charge in [-0.1, -0.05) is 6.92 Å². The highest BCUT2D eigenvalue weighted by Crippen LogP contribution is 2.32. The number of rotatable bonds is 6. The highest BCUT2D eigenvalue weighted by molar-refractivity contribution is 5.94. The maximum atomic E-state index is 13.0. The Kier molecular flexibility index (Phi) is 6.57. The van der Waals surface area contributed by atoms with Crippen LogP contribution in [0, 0.1) is 11.8 Å². The number of nitrogens with zero attached hydrogens (tertiary/aromatic N) is 1. The van der Waals surface area contributed by atoms with Gasteiger partial charge >= 0.3 is 0 Å². The van der Waals surface area contributed by atoms with Crippen LogP contribution >= 0.6 is 0 Å². The second-order valence-corrected chi connectivity index (χ2v) is 8.03. The minimum atomic E-state index is -0.260. The lowest BCUT2D eigenvalue weighted by Crippen LogP contribution is -2.47. The van der Waals surface area contributed by atoms with Gasteiger partial charge in [-0.15, -0.1) is 0 Å². The minimum absolute atomic E-state index is 0.0347. The molecular formula is C21H31N3O4. The number of aliphatic hydroxyl groups is 1. The monoisotopic (exact) mass is 389 g/mol. The quantitative estimate of drug-likeness (QED) is 0.684. The topological polar surface area (TPSA) is 90.9 Å². The average Bonchev–Trinajstić information content (AvgIpc) is 3.51. The van der Waals surface area contributed by atoms with E-state index in [1.807, 2.05) is 32.2 Å². The van der Waals surface area contributed by atoms with E-state index in [-0.39, 0.29) is 48.8 Å². The van der Waals surface area contributed by atoms with Crippen LogP contribution in [-0.2, 0) is 16.0 Å². The highest BCUT2D eigenvalue weighted by atomic mass is 16.5. The van der Waals surface area contributed by atoms with E-state index in [0.29, 0.717) is 24.5 Å². The van der Waals surface area contributed by atoms with Gasteiger partial charge in [-0.05, 0) is 45.0 Å². The van der Waals surface area contributed by atoms with Crippen molar-refractivity contribution >= 4 is 17.5 Å². The fraction of sp³-hybridized carbons (Fsp3) is 0.619. The normalized spacial score (nSPS) is 23.7. The summed E-state index contributed by atoms with van der Waals surface area (Å²) in [5, 5.41) is 15.7. The minimum Gasteiger partial charge on any atom is -0.488 e. The Morgan fingerprint density at radius 3 is 2.79 bits per heavy atom. The lowest BCUT2D eigenvalue weighted by atomic mass is 10.0. The van der Waals surface area contributed by atoms with E-state index in [2.05, 4.69) is 17.6 Å². The Hall–Kier alpha value is -2.12. The maximum Gasteiger partial charge on any atom is 0.227 e. The van der Waals surface area contributed by atoms with Crippen LogP contribution in [0.15, 0.2) is 18.2 Å². The van der Waals surface area contributed by atoms with E-state index < -0.39 is 0 Å². The van der Waals surface area contributed by atoms with Crippen LogP contribution in [0.1, 0.15) is 32.3 Å². The first-order valence-corrected chi connectivity index (χ1v) is 10.1. The first-order valence-electron chi connectivity index (χ1n) is 10.1. The second kappa shape index (κ2) is 8.92. The predicted molar refractivity (Wildman–Crippen MR) is 107 cm³/mol. The van der Waals surface area contributed by atoms with Crippen LogP contribution in [0.2, 0.25) is 0 Å². The number of aliphatic hydroxyl groups excluding tert-OH is 1. The Labute approximate surface area is 166 Å². The number of ether oxygens (including phenoxy) is 1. The van der Waals surface area contributed by atoms with E-state index in [1.54, 1.807) is 4.90 Å². The van der Waals surface area contributed by atoms with Gasteiger partial charge < -0.3 is 25.4 Å². The summed E-state index contributed by atoms with van der Waals surface area (Å²) in [6.07, 6.45) is 1.94. The fourth-order valence-electron chi connectivity index (χ4n) is 3.54. The molecule has 3 atom stereocenters. The molecule has 0 spiro atoms. The number of carbonyl (C=O) groups excluding carboxylic acids is 2. The second-order valence-electron chi connectivity index (χ2n) is 8.03. The number of nitrogens with one attached hydrogen (secondary N) is 2. The van der Waals surface area contributed by atoms with Crippen molar-refractivity contribution in [3.8, 4) is 5.75 Å². The largest absolute Gasteiger partial charge is 0.488 e. The number of benzene rings is 1. The summed E-state index contributed by atoms with van der Waals surface area (Å²) in [4.78, 5) is 26.8. The Balaban J connectivity index is 1.90. The molecule has 0 aromatic heterocycles. The highest BCUT2D eigenvalue weighted by Gasteiger charge is 2.31. The molecule has 2 aliphatic rings. The van der Waals surface area contributed by atoms with Crippen molar-refractivity contribution in [1.82, 2.24) is 10.2 Å². The molecule has 0 saturated heterocycles. The van der Waals surface area contributed by atoms with Crippen molar-refractivity contribution in [3.63, 3.8) is 0 Å². The van der Waals surface area contributed by atoms with Crippen molar-refractivity contribution in [3.05, 3.63) is 23.8 Å². The molecule has 1 aliphatic carbocycles. The van der Waals surface area contributed by atoms with Gasteiger partial charge in [0, 0.05) is 36.2 Å². The molecule has 1 aromatic carbocycles. The summed E-state index contributed by atoms with van der Waals surface area (Å²) >= 11 is 0. The number of amides is 2. The fourth-order valence-corrected chi connectivity index (χ4v) is 3.54. The van der Waals surface area contributed by atoms with Crippen LogP contribution in [-0.4, -0.2) is 60.7 Å². The van der Waals surface area contributed by atoms with E-state index in [9.17, 15) is 14.7 Å². The van der Waals surface area contributed by atoms with Crippen LogP contribution < -0.4 is 15.4 Å². The molecule has 1 aromatic rings. The third kappa shape index (κ3) is 4.83. The zero-order chi connectivity index (χ0) is 20.3. The van der Waals surface area contributed by atoms with E-state index in [1.165, 1.54) is 0 Å². The third-order valence-corrected chi connectivity index (χ3v) is 5.54. The SMILES string of the molecule is CNC[C@H]1Oc2ccc(NC(=O)C3CC3)cc2CC(=O)N([C@H](C)CO)C[C@@H]1C. The van der Waals surface area contributed by atoms with Crippen LogP contribution in [0.4, 0.5) is 5.69 Å². The summed E-state index contributed by atoms with van der Waals surface area (Å²) in [5.41, 5.74) is 1.44. The first-order chi connectivity index (χ1) is 13.4. The lowest BCUT2D eigenvalue weighted by molar-refractivity contribution is -0.134. The Morgan fingerprint density at radius 1 is 1.39 bits per heavy atom. The molecule has 3 rings (SSSR count). The Morgan fingerprint density at radius 2 is 2.14 bits per heavy atom. The number of hydrogen-bond acceptors (Lipinski definition) is 5. The molecule has 154 valence electrons. The van der Waals surface area contributed by atoms with Crippen molar-refractivity contribution in [2.24, 2.45) is 11.8 Å². The summed E-state index contributed by atoms with van der Waals surface area (Å²) in [5.74, 6) is 0.861. The smallest absolute Gasteiger partial charge is 0.227 e. The van der Waals surface area contributed by atoms with Crippen molar-refractivity contribution in [2.45, 2.75) is 45.3 Å². The average molecular weight is 389 g/mol. The molecule has 7 nitrogen and oxygen atoms in total. The molecule has 1 fully saturated rings.